The summed E-state index contributed by atoms with van der Waals surface area (Å²) in [6.07, 6.45) is -0.529. The normalized spacial score (nSPS) is 12.2. The van der Waals surface area contributed by atoms with E-state index in [2.05, 4.69) is 20.7 Å². The molecular weight excluding hydrogens is 260 g/mol. The molecule has 1 rings (SSSR count). The van der Waals surface area contributed by atoms with Gasteiger partial charge in [0.2, 0.25) is 0 Å². The average Bonchev–Trinajstić information content (AvgIpc) is 2.26. The molecule has 1 atom stereocenters. The van der Waals surface area contributed by atoms with Crippen LogP contribution in [-0.2, 0) is 20.9 Å². The molecule has 0 radical (unpaired) electrons. The summed E-state index contributed by atoms with van der Waals surface area (Å²) in [5.41, 5.74) is 1.02. The zero-order chi connectivity index (χ0) is 11.3. The van der Waals surface area contributed by atoms with Gasteiger partial charge in [0.25, 0.3) is 0 Å². The van der Waals surface area contributed by atoms with Crippen LogP contribution in [0.25, 0.3) is 0 Å². The first-order chi connectivity index (χ1) is 7.13. The van der Waals surface area contributed by atoms with Gasteiger partial charge in [-0.2, -0.15) is 0 Å². The molecule has 15 heavy (non-hydrogen) atoms. The fraction of sp³-hybridized carbons (Fsp3) is 0.364. The van der Waals surface area contributed by atoms with Gasteiger partial charge >= 0.3 is 5.97 Å². The van der Waals surface area contributed by atoms with Crippen LogP contribution < -0.4 is 0 Å². The summed E-state index contributed by atoms with van der Waals surface area (Å²) < 4.78 is 10.9. The van der Waals surface area contributed by atoms with Crippen molar-refractivity contribution in [3.8, 4) is 0 Å². The second kappa shape index (κ2) is 5.88. The van der Waals surface area contributed by atoms with Crippen molar-refractivity contribution in [2.45, 2.75) is 19.6 Å². The van der Waals surface area contributed by atoms with Gasteiger partial charge in [-0.05, 0) is 24.6 Å². The van der Waals surface area contributed by atoms with Crippen LogP contribution in [0.5, 0.6) is 0 Å². The highest BCUT2D eigenvalue weighted by atomic mass is 79.9. The van der Waals surface area contributed by atoms with E-state index < -0.39 is 6.10 Å². The minimum Gasteiger partial charge on any atom is -0.467 e. The van der Waals surface area contributed by atoms with Crippen LogP contribution in [0.2, 0.25) is 0 Å². The summed E-state index contributed by atoms with van der Waals surface area (Å²) in [7, 11) is 1.35. The standard InChI is InChI=1S/C11H13BrO3/c1-8(11(13)14-2)15-7-9-3-5-10(12)6-4-9/h3-6,8H,7H2,1-2H3/t8-/m0/s1. The molecular formula is C11H13BrO3. The maximum Gasteiger partial charge on any atom is 0.334 e. The molecule has 1 aromatic carbocycles. The van der Waals surface area contributed by atoms with Crippen LogP contribution in [-0.4, -0.2) is 19.2 Å². The van der Waals surface area contributed by atoms with Gasteiger partial charge in [0.1, 0.15) is 0 Å². The molecule has 0 heterocycles. The van der Waals surface area contributed by atoms with Gasteiger partial charge in [-0.1, -0.05) is 28.1 Å². The highest BCUT2D eigenvalue weighted by molar-refractivity contribution is 9.10. The van der Waals surface area contributed by atoms with Crippen LogP contribution in [0.3, 0.4) is 0 Å². The van der Waals surface area contributed by atoms with Crippen molar-refractivity contribution in [1.82, 2.24) is 0 Å². The number of carbonyl (C=O) groups excluding carboxylic acids is 1. The lowest BCUT2D eigenvalue weighted by Gasteiger charge is -2.10. The minimum absolute atomic E-state index is 0.355. The van der Waals surface area contributed by atoms with E-state index in [1.54, 1.807) is 6.92 Å². The molecule has 0 aliphatic heterocycles. The van der Waals surface area contributed by atoms with Gasteiger partial charge in [0.15, 0.2) is 6.10 Å². The van der Waals surface area contributed by atoms with Crippen molar-refractivity contribution in [1.29, 1.82) is 0 Å². The lowest BCUT2D eigenvalue weighted by molar-refractivity contribution is -0.153. The first-order valence-electron chi connectivity index (χ1n) is 4.57. The third-order valence-electron chi connectivity index (χ3n) is 1.95. The first kappa shape index (κ1) is 12.2. The number of methoxy groups -OCH3 is 1. The second-order valence-corrected chi connectivity index (χ2v) is 4.02. The molecule has 0 N–H and O–H groups in total. The van der Waals surface area contributed by atoms with Crippen LogP contribution >= 0.6 is 15.9 Å². The molecule has 0 fully saturated rings. The second-order valence-electron chi connectivity index (χ2n) is 3.10. The Labute approximate surface area is 97.5 Å². The van der Waals surface area contributed by atoms with Crippen LogP contribution in [0.1, 0.15) is 12.5 Å². The first-order valence-corrected chi connectivity index (χ1v) is 5.36. The van der Waals surface area contributed by atoms with Crippen molar-refractivity contribution in [3.05, 3.63) is 34.3 Å². The molecule has 1 aromatic rings. The number of hydrogen-bond donors (Lipinski definition) is 0. The van der Waals surface area contributed by atoms with Gasteiger partial charge in [-0.3, -0.25) is 0 Å². The molecule has 0 aliphatic rings. The Morgan fingerprint density at radius 2 is 2.00 bits per heavy atom. The van der Waals surface area contributed by atoms with Gasteiger partial charge < -0.3 is 9.47 Å². The Morgan fingerprint density at radius 3 is 2.53 bits per heavy atom. The Bertz CT molecular complexity index is 321. The fourth-order valence-electron chi connectivity index (χ4n) is 1.04. The SMILES string of the molecule is COC(=O)[C@H](C)OCc1ccc(Br)cc1. The van der Waals surface area contributed by atoms with E-state index in [9.17, 15) is 4.79 Å². The van der Waals surface area contributed by atoms with Crippen molar-refractivity contribution in [2.24, 2.45) is 0 Å². The third-order valence-corrected chi connectivity index (χ3v) is 2.48. The Morgan fingerprint density at radius 1 is 1.40 bits per heavy atom. The predicted octanol–water partition coefficient (Wildman–Crippen LogP) is 2.53. The van der Waals surface area contributed by atoms with Crippen LogP contribution in [0.4, 0.5) is 0 Å². The Balaban J connectivity index is 2.43. The number of hydrogen-bond acceptors (Lipinski definition) is 3. The number of benzene rings is 1. The molecule has 0 spiro atoms. The van der Waals surface area contributed by atoms with E-state index in [1.807, 2.05) is 24.3 Å². The lowest BCUT2D eigenvalue weighted by atomic mass is 10.2. The molecule has 0 bridgehead atoms. The van der Waals surface area contributed by atoms with E-state index >= 15 is 0 Å². The zero-order valence-electron chi connectivity index (χ0n) is 8.70. The predicted molar refractivity (Wildman–Crippen MR) is 60.4 cm³/mol. The molecule has 0 aromatic heterocycles. The van der Waals surface area contributed by atoms with Crippen molar-refractivity contribution < 1.29 is 14.3 Å². The minimum atomic E-state index is -0.529. The number of ether oxygens (including phenoxy) is 2. The number of carbonyl (C=O) groups is 1. The van der Waals surface area contributed by atoms with Crippen LogP contribution in [0, 0.1) is 0 Å². The number of halogens is 1. The van der Waals surface area contributed by atoms with E-state index in [1.165, 1.54) is 7.11 Å². The summed E-state index contributed by atoms with van der Waals surface area (Å²) in [5, 5.41) is 0. The van der Waals surface area contributed by atoms with Crippen LogP contribution in [0.15, 0.2) is 28.7 Å². The topological polar surface area (TPSA) is 35.5 Å². The lowest BCUT2D eigenvalue weighted by Crippen LogP contribution is -2.21. The monoisotopic (exact) mass is 272 g/mol. The Hall–Kier alpha value is -0.870. The van der Waals surface area contributed by atoms with Gasteiger partial charge in [-0.15, -0.1) is 0 Å². The molecule has 82 valence electrons. The number of esters is 1. The summed E-state index contributed by atoms with van der Waals surface area (Å²) in [4.78, 5) is 11.0. The van der Waals surface area contributed by atoms with Gasteiger partial charge in [-0.25, -0.2) is 4.79 Å². The fourth-order valence-corrected chi connectivity index (χ4v) is 1.30. The molecule has 0 amide bonds. The molecule has 3 nitrogen and oxygen atoms in total. The summed E-state index contributed by atoms with van der Waals surface area (Å²) in [6.45, 7) is 2.08. The highest BCUT2D eigenvalue weighted by Gasteiger charge is 2.12. The smallest absolute Gasteiger partial charge is 0.334 e. The quantitative estimate of drug-likeness (QED) is 0.791. The zero-order valence-corrected chi connectivity index (χ0v) is 10.3. The molecule has 0 unspecified atom stereocenters. The summed E-state index contributed by atoms with van der Waals surface area (Å²) in [6, 6.07) is 7.74. The summed E-state index contributed by atoms with van der Waals surface area (Å²) in [5.74, 6) is -0.355. The molecule has 0 aliphatic carbocycles. The summed E-state index contributed by atoms with van der Waals surface area (Å²) >= 11 is 3.34. The third kappa shape index (κ3) is 4.01. The maximum absolute atomic E-state index is 11.0. The maximum atomic E-state index is 11.0. The molecule has 4 heteroatoms. The van der Waals surface area contributed by atoms with E-state index in [-0.39, 0.29) is 5.97 Å². The Kier molecular flexibility index (Phi) is 4.78. The van der Waals surface area contributed by atoms with Gasteiger partial charge in [0.05, 0.1) is 13.7 Å². The van der Waals surface area contributed by atoms with Gasteiger partial charge in [0, 0.05) is 4.47 Å². The van der Waals surface area contributed by atoms with E-state index in [0.29, 0.717) is 6.61 Å². The van der Waals surface area contributed by atoms with Crippen molar-refractivity contribution >= 4 is 21.9 Å². The van der Waals surface area contributed by atoms with E-state index in [0.717, 1.165) is 10.0 Å². The van der Waals surface area contributed by atoms with E-state index in [4.69, 9.17) is 4.74 Å². The van der Waals surface area contributed by atoms with Crippen molar-refractivity contribution in [2.75, 3.05) is 7.11 Å². The van der Waals surface area contributed by atoms with Crippen molar-refractivity contribution in [3.63, 3.8) is 0 Å². The average molecular weight is 273 g/mol. The molecule has 0 saturated carbocycles. The number of rotatable bonds is 4. The molecule has 0 saturated heterocycles. The highest BCUT2D eigenvalue weighted by Crippen LogP contribution is 2.11. The largest absolute Gasteiger partial charge is 0.467 e.